The smallest absolute Gasteiger partial charge is 0.166 e. The molecule has 0 bridgehead atoms. The Kier molecular flexibility index (Phi) is 9.54. The van der Waals surface area contributed by atoms with E-state index in [0.717, 1.165) is 31.6 Å². The van der Waals surface area contributed by atoms with E-state index in [9.17, 15) is 4.39 Å². The Morgan fingerprint density at radius 3 is 2.16 bits per heavy atom. The summed E-state index contributed by atoms with van der Waals surface area (Å²) >= 11 is 0. The predicted molar refractivity (Wildman–Crippen MR) is 143 cm³/mol. The first kappa shape index (κ1) is 27.1. The monoisotopic (exact) mass is 510 g/mol. The second kappa shape index (κ2) is 13.0. The molecule has 1 saturated carbocycles. The van der Waals surface area contributed by atoms with Crippen molar-refractivity contribution < 1.29 is 22.6 Å². The highest BCUT2D eigenvalue weighted by molar-refractivity contribution is 5.65. The molecule has 0 aromatic heterocycles. The molecule has 37 heavy (non-hydrogen) atoms. The maximum Gasteiger partial charge on any atom is 0.166 e. The van der Waals surface area contributed by atoms with E-state index in [0.29, 0.717) is 34.8 Å². The van der Waals surface area contributed by atoms with Crippen molar-refractivity contribution in [2.75, 3.05) is 6.61 Å². The Morgan fingerprint density at radius 1 is 0.757 bits per heavy atom. The van der Waals surface area contributed by atoms with E-state index in [-0.39, 0.29) is 18.1 Å². The van der Waals surface area contributed by atoms with Crippen LogP contribution in [0.3, 0.4) is 0 Å². The zero-order valence-corrected chi connectivity index (χ0v) is 21.9. The number of hydrogen-bond donors (Lipinski definition) is 0. The fraction of sp³-hybridized carbons (Fsp3) is 0.438. The molecule has 3 aromatic rings. The van der Waals surface area contributed by atoms with Crippen LogP contribution in [0, 0.1) is 23.4 Å². The third-order valence-corrected chi connectivity index (χ3v) is 7.51. The van der Waals surface area contributed by atoms with Gasteiger partial charge in [-0.1, -0.05) is 56.9 Å². The number of halogens is 3. The zero-order chi connectivity index (χ0) is 26.2. The predicted octanol–water partition coefficient (Wildman–Crippen LogP) is 9.60. The molecule has 2 nitrogen and oxygen atoms in total. The average Bonchev–Trinajstić information content (AvgIpc) is 2.91. The number of unbranched alkanes of at least 4 members (excludes halogenated alkanes) is 2. The van der Waals surface area contributed by atoms with Crippen LogP contribution in [0.5, 0.6) is 11.5 Å². The Balaban J connectivity index is 1.37. The molecule has 3 aromatic carbocycles. The van der Waals surface area contributed by atoms with Crippen molar-refractivity contribution in [2.45, 2.75) is 77.7 Å². The van der Waals surface area contributed by atoms with Gasteiger partial charge >= 0.3 is 0 Å². The molecule has 0 atom stereocenters. The lowest BCUT2D eigenvalue weighted by Crippen LogP contribution is -2.15. The van der Waals surface area contributed by atoms with Gasteiger partial charge in [0.1, 0.15) is 23.9 Å². The minimum atomic E-state index is -0.798. The highest BCUT2D eigenvalue weighted by Crippen LogP contribution is 2.40. The second-order valence-electron chi connectivity index (χ2n) is 10.0. The average molecular weight is 511 g/mol. The van der Waals surface area contributed by atoms with Crippen molar-refractivity contribution in [1.82, 2.24) is 0 Å². The van der Waals surface area contributed by atoms with E-state index in [2.05, 4.69) is 6.92 Å². The summed E-state index contributed by atoms with van der Waals surface area (Å²) in [6, 6.07) is 14.9. The van der Waals surface area contributed by atoms with Gasteiger partial charge in [0.25, 0.3) is 0 Å². The molecule has 1 fully saturated rings. The Bertz CT molecular complexity index is 1150. The molecule has 0 N–H and O–H groups in total. The summed E-state index contributed by atoms with van der Waals surface area (Å²) in [7, 11) is 0. The molecule has 5 heteroatoms. The first-order chi connectivity index (χ1) is 18.0. The molecule has 0 heterocycles. The third-order valence-electron chi connectivity index (χ3n) is 7.51. The van der Waals surface area contributed by atoms with E-state index < -0.39 is 17.5 Å². The van der Waals surface area contributed by atoms with Gasteiger partial charge in [-0.25, -0.2) is 13.2 Å². The highest BCUT2D eigenvalue weighted by Gasteiger charge is 2.26. The van der Waals surface area contributed by atoms with Crippen molar-refractivity contribution in [3.8, 4) is 22.6 Å². The summed E-state index contributed by atoms with van der Waals surface area (Å²) in [6.07, 6.45) is 9.07. The third kappa shape index (κ3) is 6.88. The van der Waals surface area contributed by atoms with Gasteiger partial charge in [-0.3, -0.25) is 0 Å². The highest BCUT2D eigenvalue weighted by atomic mass is 19.2. The van der Waals surface area contributed by atoms with Crippen LogP contribution < -0.4 is 9.47 Å². The maximum atomic E-state index is 15.1. The van der Waals surface area contributed by atoms with Gasteiger partial charge in [0.15, 0.2) is 11.6 Å². The standard InChI is InChI=1S/C32H37F3O2/c1-3-5-6-7-22-8-10-23(11-9-22)28-18-19-29(32(35)31(28)34)24-12-15-26(16-13-24)37-21-25-14-17-27(36-4-2)20-30(25)33/h12-20,22-23H,3-11,21H2,1-2H3. The van der Waals surface area contributed by atoms with Crippen LogP contribution in [0.25, 0.3) is 11.1 Å². The van der Waals surface area contributed by atoms with Crippen molar-refractivity contribution in [3.63, 3.8) is 0 Å². The van der Waals surface area contributed by atoms with Gasteiger partial charge in [-0.05, 0) is 79.8 Å². The number of benzene rings is 3. The summed E-state index contributed by atoms with van der Waals surface area (Å²) < 4.78 is 55.5. The molecule has 0 amide bonds. The molecule has 4 rings (SSSR count). The van der Waals surface area contributed by atoms with Crippen molar-refractivity contribution in [1.29, 1.82) is 0 Å². The van der Waals surface area contributed by atoms with Gasteiger partial charge in [0, 0.05) is 17.2 Å². The molecule has 0 spiro atoms. The van der Waals surface area contributed by atoms with E-state index >= 15 is 8.78 Å². The Hall–Kier alpha value is -2.95. The normalized spacial score (nSPS) is 17.5. The molecular weight excluding hydrogens is 473 g/mol. The fourth-order valence-electron chi connectivity index (χ4n) is 5.34. The number of hydrogen-bond acceptors (Lipinski definition) is 2. The van der Waals surface area contributed by atoms with Crippen LogP contribution in [-0.4, -0.2) is 6.61 Å². The minimum Gasteiger partial charge on any atom is -0.494 e. The molecule has 0 radical (unpaired) electrons. The molecule has 198 valence electrons. The van der Waals surface area contributed by atoms with Crippen LogP contribution in [0.1, 0.15) is 82.3 Å². The summed E-state index contributed by atoms with van der Waals surface area (Å²) in [5.74, 6) is -0.115. The largest absolute Gasteiger partial charge is 0.494 e. The van der Waals surface area contributed by atoms with Gasteiger partial charge in [-0.2, -0.15) is 0 Å². The van der Waals surface area contributed by atoms with Crippen molar-refractivity contribution in [2.24, 2.45) is 5.92 Å². The van der Waals surface area contributed by atoms with Crippen LogP contribution >= 0.6 is 0 Å². The van der Waals surface area contributed by atoms with Crippen LogP contribution in [0.4, 0.5) is 13.2 Å². The second-order valence-corrected chi connectivity index (χ2v) is 10.0. The lowest BCUT2D eigenvalue weighted by molar-refractivity contribution is 0.298. The Morgan fingerprint density at radius 2 is 1.49 bits per heavy atom. The van der Waals surface area contributed by atoms with E-state index in [1.165, 1.54) is 31.7 Å². The number of ether oxygens (including phenoxy) is 2. The molecule has 0 aliphatic heterocycles. The van der Waals surface area contributed by atoms with E-state index in [1.807, 2.05) is 6.92 Å². The summed E-state index contributed by atoms with van der Waals surface area (Å²) in [6.45, 7) is 4.58. The quantitative estimate of drug-likeness (QED) is 0.239. The fourth-order valence-corrected chi connectivity index (χ4v) is 5.34. The first-order valence-corrected chi connectivity index (χ1v) is 13.6. The van der Waals surface area contributed by atoms with Crippen LogP contribution in [-0.2, 0) is 6.61 Å². The Labute approximate surface area is 218 Å². The SMILES string of the molecule is CCCCCC1CCC(c2ccc(-c3ccc(OCc4ccc(OCC)cc4F)cc3)c(F)c2F)CC1. The molecule has 1 aliphatic rings. The van der Waals surface area contributed by atoms with Gasteiger partial charge < -0.3 is 9.47 Å². The molecule has 0 saturated heterocycles. The van der Waals surface area contributed by atoms with E-state index in [1.54, 1.807) is 48.5 Å². The summed E-state index contributed by atoms with van der Waals surface area (Å²) in [5.41, 5.74) is 1.72. The number of rotatable bonds is 11. The van der Waals surface area contributed by atoms with Gasteiger partial charge in [-0.15, -0.1) is 0 Å². The maximum absolute atomic E-state index is 15.1. The zero-order valence-electron chi connectivity index (χ0n) is 21.9. The molecular formula is C32H37F3O2. The lowest BCUT2D eigenvalue weighted by atomic mass is 9.76. The minimum absolute atomic E-state index is 0.0517. The van der Waals surface area contributed by atoms with E-state index in [4.69, 9.17) is 9.47 Å². The molecule has 0 unspecified atom stereocenters. The van der Waals surface area contributed by atoms with Gasteiger partial charge in [0.2, 0.25) is 0 Å². The lowest BCUT2D eigenvalue weighted by Gasteiger charge is -2.29. The summed E-state index contributed by atoms with van der Waals surface area (Å²) in [5, 5.41) is 0. The van der Waals surface area contributed by atoms with Gasteiger partial charge in [0.05, 0.1) is 6.61 Å². The molecule has 1 aliphatic carbocycles. The first-order valence-electron chi connectivity index (χ1n) is 13.6. The van der Waals surface area contributed by atoms with Crippen molar-refractivity contribution >= 4 is 0 Å². The van der Waals surface area contributed by atoms with Crippen LogP contribution in [0.2, 0.25) is 0 Å². The summed E-state index contributed by atoms with van der Waals surface area (Å²) in [4.78, 5) is 0. The van der Waals surface area contributed by atoms with Crippen LogP contribution in [0.15, 0.2) is 54.6 Å². The topological polar surface area (TPSA) is 18.5 Å². The van der Waals surface area contributed by atoms with Crippen molar-refractivity contribution in [3.05, 3.63) is 83.2 Å².